The van der Waals surface area contributed by atoms with Crippen molar-refractivity contribution in [2.24, 2.45) is 0 Å². The Labute approximate surface area is 139 Å². The first kappa shape index (κ1) is 17.2. The predicted octanol–water partition coefficient (Wildman–Crippen LogP) is 3.74. The number of ether oxygens (including phenoxy) is 2. The second kappa shape index (κ2) is 6.92. The highest BCUT2D eigenvalue weighted by Crippen LogP contribution is 2.35. The van der Waals surface area contributed by atoms with Gasteiger partial charge in [0, 0.05) is 23.2 Å². The SMILES string of the molecule is COC(=O)c1cc(Oc2ccc(Cl)cc2[N+](=O)[O-])ccc1[N+](=O)[O-]. The summed E-state index contributed by atoms with van der Waals surface area (Å²) in [5.41, 5.74) is -1.20. The molecule has 0 spiro atoms. The molecule has 0 amide bonds. The second-order valence-electron chi connectivity index (χ2n) is 4.40. The maximum absolute atomic E-state index is 11.7. The van der Waals surface area contributed by atoms with Crippen LogP contribution < -0.4 is 4.74 Å². The lowest BCUT2D eigenvalue weighted by atomic mass is 10.1. The van der Waals surface area contributed by atoms with Crippen molar-refractivity contribution in [3.05, 3.63) is 67.2 Å². The first-order chi connectivity index (χ1) is 11.3. The third-order valence-corrected chi connectivity index (χ3v) is 3.15. The standard InChI is InChI=1S/C14H9ClN2O7/c1-23-14(18)10-7-9(3-4-11(10)16(19)20)24-13-5-2-8(15)6-12(13)17(21)22/h2-7H,1H3. The number of halogens is 1. The molecule has 0 bridgehead atoms. The molecule has 0 aliphatic rings. The number of rotatable bonds is 5. The average molecular weight is 353 g/mol. The number of carbonyl (C=O) groups is 1. The summed E-state index contributed by atoms with van der Waals surface area (Å²) in [6.45, 7) is 0. The molecular weight excluding hydrogens is 344 g/mol. The van der Waals surface area contributed by atoms with Gasteiger partial charge < -0.3 is 9.47 Å². The molecule has 0 aromatic heterocycles. The first-order valence-corrected chi connectivity index (χ1v) is 6.70. The smallest absolute Gasteiger partial charge is 0.345 e. The van der Waals surface area contributed by atoms with E-state index in [-0.39, 0.29) is 27.8 Å². The number of hydrogen-bond acceptors (Lipinski definition) is 7. The lowest BCUT2D eigenvalue weighted by molar-refractivity contribution is -0.385. The van der Waals surface area contributed by atoms with E-state index < -0.39 is 21.5 Å². The van der Waals surface area contributed by atoms with Gasteiger partial charge in [-0.15, -0.1) is 0 Å². The lowest BCUT2D eigenvalue weighted by Gasteiger charge is -2.08. The van der Waals surface area contributed by atoms with Gasteiger partial charge in [0.05, 0.1) is 17.0 Å². The van der Waals surface area contributed by atoms with Crippen LogP contribution in [0.4, 0.5) is 11.4 Å². The summed E-state index contributed by atoms with van der Waals surface area (Å²) >= 11 is 5.71. The highest BCUT2D eigenvalue weighted by Gasteiger charge is 2.23. The zero-order chi connectivity index (χ0) is 17.9. The van der Waals surface area contributed by atoms with Gasteiger partial charge >= 0.3 is 11.7 Å². The van der Waals surface area contributed by atoms with Gasteiger partial charge in [-0.25, -0.2) is 4.79 Å². The van der Waals surface area contributed by atoms with Crippen molar-refractivity contribution in [2.45, 2.75) is 0 Å². The Morgan fingerprint density at radius 3 is 2.29 bits per heavy atom. The molecule has 0 radical (unpaired) electrons. The van der Waals surface area contributed by atoms with Gasteiger partial charge in [-0.05, 0) is 18.2 Å². The molecule has 0 heterocycles. The molecule has 124 valence electrons. The molecule has 0 N–H and O–H groups in total. The fraction of sp³-hybridized carbons (Fsp3) is 0.0714. The quantitative estimate of drug-likeness (QED) is 0.456. The van der Waals surface area contributed by atoms with Crippen molar-refractivity contribution in [3.63, 3.8) is 0 Å². The molecule has 2 aromatic carbocycles. The van der Waals surface area contributed by atoms with Gasteiger partial charge in [-0.3, -0.25) is 20.2 Å². The maximum Gasteiger partial charge on any atom is 0.345 e. The molecule has 9 nitrogen and oxygen atoms in total. The van der Waals surface area contributed by atoms with E-state index >= 15 is 0 Å². The molecule has 0 unspecified atom stereocenters. The van der Waals surface area contributed by atoms with Crippen LogP contribution in [0.5, 0.6) is 11.5 Å². The van der Waals surface area contributed by atoms with Gasteiger partial charge in [0.1, 0.15) is 11.3 Å². The number of nitro benzene ring substituents is 2. The van der Waals surface area contributed by atoms with E-state index in [1.807, 2.05) is 0 Å². The van der Waals surface area contributed by atoms with Crippen molar-refractivity contribution in [2.75, 3.05) is 7.11 Å². The number of benzene rings is 2. The Balaban J connectivity index is 2.46. The molecular formula is C14H9ClN2O7. The van der Waals surface area contributed by atoms with Crippen LogP contribution in [-0.2, 0) is 4.74 Å². The summed E-state index contributed by atoms with van der Waals surface area (Å²) in [5, 5.41) is 22.1. The topological polar surface area (TPSA) is 122 Å². The highest BCUT2D eigenvalue weighted by atomic mass is 35.5. The van der Waals surface area contributed by atoms with Crippen LogP contribution in [0.2, 0.25) is 5.02 Å². The lowest BCUT2D eigenvalue weighted by Crippen LogP contribution is -2.06. The Morgan fingerprint density at radius 1 is 1.04 bits per heavy atom. The monoisotopic (exact) mass is 352 g/mol. The number of carbonyl (C=O) groups excluding carboxylic acids is 1. The van der Waals surface area contributed by atoms with Crippen LogP contribution in [0, 0.1) is 20.2 Å². The summed E-state index contributed by atoms with van der Waals surface area (Å²) in [7, 11) is 1.07. The minimum Gasteiger partial charge on any atom is -0.465 e. The van der Waals surface area contributed by atoms with E-state index in [0.29, 0.717) is 0 Å². The van der Waals surface area contributed by atoms with Gasteiger partial charge in [0.2, 0.25) is 5.75 Å². The molecule has 24 heavy (non-hydrogen) atoms. The van der Waals surface area contributed by atoms with Crippen LogP contribution in [0.1, 0.15) is 10.4 Å². The van der Waals surface area contributed by atoms with Crippen molar-refractivity contribution < 1.29 is 24.1 Å². The molecule has 0 fully saturated rings. The van der Waals surface area contributed by atoms with E-state index in [4.69, 9.17) is 16.3 Å². The molecule has 0 atom stereocenters. The van der Waals surface area contributed by atoms with Gasteiger partial charge in [-0.2, -0.15) is 0 Å². The molecule has 0 saturated heterocycles. The Morgan fingerprint density at radius 2 is 1.71 bits per heavy atom. The highest BCUT2D eigenvalue weighted by molar-refractivity contribution is 6.30. The van der Waals surface area contributed by atoms with Crippen molar-refractivity contribution >= 4 is 28.9 Å². The average Bonchev–Trinajstić information content (AvgIpc) is 2.55. The molecule has 0 aliphatic carbocycles. The second-order valence-corrected chi connectivity index (χ2v) is 4.84. The van der Waals surface area contributed by atoms with Gasteiger partial charge in [-0.1, -0.05) is 11.6 Å². The third kappa shape index (κ3) is 3.58. The number of esters is 1. The summed E-state index contributed by atoms with van der Waals surface area (Å²) in [4.78, 5) is 32.2. The zero-order valence-electron chi connectivity index (χ0n) is 12.1. The third-order valence-electron chi connectivity index (χ3n) is 2.92. The zero-order valence-corrected chi connectivity index (χ0v) is 12.9. The molecule has 2 rings (SSSR count). The van der Waals surface area contributed by atoms with Crippen LogP contribution in [0.15, 0.2) is 36.4 Å². The molecule has 0 saturated carbocycles. The van der Waals surface area contributed by atoms with Crippen molar-refractivity contribution in [1.82, 2.24) is 0 Å². The Kier molecular flexibility index (Phi) is 4.95. The molecule has 2 aromatic rings. The largest absolute Gasteiger partial charge is 0.465 e. The molecule has 0 aliphatic heterocycles. The number of methoxy groups -OCH3 is 1. The summed E-state index contributed by atoms with van der Waals surface area (Å²) in [5.74, 6) is -1.07. The summed E-state index contributed by atoms with van der Waals surface area (Å²) in [6.07, 6.45) is 0. The minimum absolute atomic E-state index is 0.00794. The summed E-state index contributed by atoms with van der Waals surface area (Å²) < 4.78 is 9.85. The van der Waals surface area contributed by atoms with E-state index in [2.05, 4.69) is 4.74 Å². The summed E-state index contributed by atoms with van der Waals surface area (Å²) in [6, 6.07) is 7.09. The predicted molar refractivity (Wildman–Crippen MR) is 82.6 cm³/mol. The van der Waals surface area contributed by atoms with Crippen molar-refractivity contribution in [3.8, 4) is 11.5 Å². The van der Waals surface area contributed by atoms with E-state index in [9.17, 15) is 25.0 Å². The first-order valence-electron chi connectivity index (χ1n) is 6.32. The Bertz CT molecular complexity index is 838. The minimum atomic E-state index is -0.933. The van der Waals surface area contributed by atoms with Gasteiger partial charge in [0.15, 0.2) is 0 Å². The fourth-order valence-electron chi connectivity index (χ4n) is 1.86. The van der Waals surface area contributed by atoms with Crippen LogP contribution in [0.3, 0.4) is 0 Å². The Hall–Kier alpha value is -3.20. The van der Waals surface area contributed by atoms with Crippen LogP contribution >= 0.6 is 11.6 Å². The molecule has 10 heteroatoms. The van der Waals surface area contributed by atoms with Crippen LogP contribution in [0.25, 0.3) is 0 Å². The number of nitro groups is 2. The van der Waals surface area contributed by atoms with E-state index in [1.54, 1.807) is 0 Å². The number of hydrogen-bond donors (Lipinski definition) is 0. The van der Waals surface area contributed by atoms with Crippen LogP contribution in [-0.4, -0.2) is 22.9 Å². The maximum atomic E-state index is 11.7. The normalized spacial score (nSPS) is 10.1. The van der Waals surface area contributed by atoms with E-state index in [0.717, 1.165) is 25.3 Å². The number of nitrogens with zero attached hydrogens (tertiary/aromatic N) is 2. The fourth-order valence-corrected chi connectivity index (χ4v) is 2.02. The van der Waals surface area contributed by atoms with Crippen molar-refractivity contribution in [1.29, 1.82) is 0 Å². The van der Waals surface area contributed by atoms with E-state index in [1.165, 1.54) is 18.2 Å². The van der Waals surface area contributed by atoms with Gasteiger partial charge in [0.25, 0.3) is 5.69 Å².